The lowest BCUT2D eigenvalue weighted by Crippen LogP contribution is -2.17. The van der Waals surface area contributed by atoms with Crippen molar-refractivity contribution in [3.05, 3.63) is 58.7 Å². The lowest BCUT2D eigenvalue weighted by molar-refractivity contribution is -0.138. The average molecular weight is 383 g/mol. The lowest BCUT2D eigenvalue weighted by Gasteiger charge is -2.19. The molecule has 0 fully saturated rings. The van der Waals surface area contributed by atoms with Crippen LogP contribution in [0.1, 0.15) is 29.2 Å². The Hall–Kier alpha value is -2.28. The summed E-state index contributed by atoms with van der Waals surface area (Å²) in [4.78, 5) is 0. The van der Waals surface area contributed by atoms with Gasteiger partial charge in [-0.1, -0.05) is 25.1 Å². The molecular weight excluding hydrogens is 363 g/mol. The van der Waals surface area contributed by atoms with Crippen LogP contribution in [0.3, 0.4) is 0 Å². The highest BCUT2D eigenvalue weighted by Crippen LogP contribution is 2.36. The number of hydrogen-bond donors (Lipinski definition) is 1. The van der Waals surface area contributed by atoms with E-state index in [0.717, 1.165) is 23.6 Å². The topological polar surface area (TPSA) is 30.5 Å². The van der Waals surface area contributed by atoms with E-state index in [1.54, 1.807) is 6.07 Å². The lowest BCUT2D eigenvalue weighted by atomic mass is 10.0. The third-order valence-electron chi connectivity index (χ3n) is 3.92. The number of benzene rings is 2. The molecule has 7 heteroatoms. The van der Waals surface area contributed by atoms with Gasteiger partial charge in [-0.3, -0.25) is 0 Å². The predicted molar refractivity (Wildman–Crippen MR) is 99.6 cm³/mol. The fourth-order valence-electron chi connectivity index (χ4n) is 2.53. The van der Waals surface area contributed by atoms with Gasteiger partial charge in [-0.05, 0) is 54.9 Å². The summed E-state index contributed by atoms with van der Waals surface area (Å²) in [6.45, 7) is 3.64. The molecule has 0 radical (unpaired) electrons. The van der Waals surface area contributed by atoms with Crippen molar-refractivity contribution in [2.24, 2.45) is 0 Å². The zero-order chi connectivity index (χ0) is 19.3. The minimum atomic E-state index is -4.51. The number of aryl methyl sites for hydroxylation is 2. The molecule has 0 atom stereocenters. The minimum absolute atomic E-state index is 0.0194. The second-order valence-electron chi connectivity index (χ2n) is 5.69. The summed E-state index contributed by atoms with van der Waals surface area (Å²) in [5.41, 5.74) is 1.41. The van der Waals surface area contributed by atoms with Crippen molar-refractivity contribution in [3.8, 4) is 5.75 Å². The van der Waals surface area contributed by atoms with Crippen molar-refractivity contribution < 1.29 is 22.6 Å². The van der Waals surface area contributed by atoms with E-state index in [2.05, 4.69) is 5.32 Å². The van der Waals surface area contributed by atoms with E-state index in [1.165, 1.54) is 19.2 Å². The molecule has 1 N–H and O–H groups in total. The van der Waals surface area contributed by atoms with Crippen LogP contribution in [0.4, 0.5) is 18.9 Å². The summed E-state index contributed by atoms with van der Waals surface area (Å²) in [5, 5.41) is 2.65. The maximum absolute atomic E-state index is 13.4. The average Bonchev–Trinajstić information content (AvgIpc) is 2.60. The van der Waals surface area contributed by atoms with Crippen LogP contribution in [-0.4, -0.2) is 12.3 Å². The van der Waals surface area contributed by atoms with Gasteiger partial charge in [-0.25, -0.2) is 0 Å². The molecule has 0 aliphatic carbocycles. The smallest absolute Gasteiger partial charge is 0.416 e. The van der Waals surface area contributed by atoms with Gasteiger partial charge in [0.25, 0.3) is 5.17 Å². The van der Waals surface area contributed by atoms with Crippen LogP contribution in [0.25, 0.3) is 0 Å². The summed E-state index contributed by atoms with van der Waals surface area (Å²) in [6, 6.07) is 9.48. The van der Waals surface area contributed by atoms with Crippen LogP contribution in [0.5, 0.6) is 5.75 Å². The molecule has 0 bridgehead atoms. The molecule has 0 saturated carbocycles. The van der Waals surface area contributed by atoms with E-state index in [9.17, 15) is 13.2 Å². The van der Waals surface area contributed by atoms with E-state index < -0.39 is 11.7 Å². The van der Waals surface area contributed by atoms with Crippen molar-refractivity contribution >= 4 is 23.1 Å². The van der Waals surface area contributed by atoms with E-state index in [4.69, 9.17) is 21.7 Å². The molecule has 0 saturated heterocycles. The first-order valence-corrected chi connectivity index (χ1v) is 8.43. The number of ether oxygens (including phenoxy) is 2. The molecule has 2 rings (SSSR count). The molecule has 3 nitrogen and oxygen atoms in total. The Morgan fingerprint density at radius 3 is 2.50 bits per heavy atom. The van der Waals surface area contributed by atoms with Gasteiger partial charge in [0.15, 0.2) is 0 Å². The number of anilines is 1. The molecule has 0 unspecified atom stereocenters. The van der Waals surface area contributed by atoms with Gasteiger partial charge in [0.1, 0.15) is 12.4 Å². The van der Waals surface area contributed by atoms with Crippen LogP contribution in [-0.2, 0) is 23.9 Å². The molecule has 26 heavy (non-hydrogen) atoms. The minimum Gasteiger partial charge on any atom is -0.489 e. The quantitative estimate of drug-likeness (QED) is 0.691. The van der Waals surface area contributed by atoms with Crippen LogP contribution in [0.2, 0.25) is 0 Å². The predicted octanol–water partition coefficient (Wildman–Crippen LogP) is 5.50. The third kappa shape index (κ3) is 4.88. The summed E-state index contributed by atoms with van der Waals surface area (Å²) < 4.78 is 50.7. The molecule has 2 aromatic carbocycles. The zero-order valence-corrected chi connectivity index (χ0v) is 15.6. The number of hydrogen-bond acceptors (Lipinski definition) is 3. The first-order valence-electron chi connectivity index (χ1n) is 8.02. The first-order chi connectivity index (χ1) is 12.3. The SMILES string of the molecule is CCc1ccc(OCc2c(NC(=S)OC)cccc2C(F)(F)F)c(C)c1. The van der Waals surface area contributed by atoms with Crippen LogP contribution < -0.4 is 10.1 Å². The Balaban J connectivity index is 2.35. The second kappa shape index (κ2) is 8.40. The van der Waals surface area contributed by atoms with E-state index in [-0.39, 0.29) is 23.0 Å². The molecular formula is C19H20F3NO2S. The Bertz CT molecular complexity index is 791. The van der Waals surface area contributed by atoms with Gasteiger partial charge in [0.2, 0.25) is 0 Å². The van der Waals surface area contributed by atoms with Crippen molar-refractivity contribution in [3.63, 3.8) is 0 Å². The van der Waals surface area contributed by atoms with Crippen molar-refractivity contribution in [1.82, 2.24) is 0 Å². The van der Waals surface area contributed by atoms with Crippen LogP contribution in [0, 0.1) is 6.92 Å². The standard InChI is InChI=1S/C19H20F3NO2S/c1-4-13-8-9-17(12(2)10-13)25-11-14-15(19(20,21)22)6-5-7-16(14)23-18(26)24-3/h5-10H,4,11H2,1-3H3,(H,23,26). The molecule has 0 amide bonds. The molecule has 0 aliphatic rings. The molecule has 140 valence electrons. The number of rotatable bonds is 5. The molecule has 0 aliphatic heterocycles. The Morgan fingerprint density at radius 1 is 1.19 bits per heavy atom. The van der Waals surface area contributed by atoms with Gasteiger partial charge in [-0.15, -0.1) is 0 Å². The van der Waals surface area contributed by atoms with Crippen LogP contribution in [0.15, 0.2) is 36.4 Å². The van der Waals surface area contributed by atoms with Crippen molar-refractivity contribution in [2.45, 2.75) is 33.1 Å². The van der Waals surface area contributed by atoms with Crippen molar-refractivity contribution in [2.75, 3.05) is 12.4 Å². The normalized spacial score (nSPS) is 11.2. The summed E-state index contributed by atoms with van der Waals surface area (Å²) in [7, 11) is 1.35. The molecule has 0 spiro atoms. The zero-order valence-electron chi connectivity index (χ0n) is 14.7. The number of nitrogens with one attached hydrogen (secondary N) is 1. The fraction of sp³-hybridized carbons (Fsp3) is 0.316. The maximum atomic E-state index is 13.4. The number of thiocarbonyl (C=S) groups is 1. The van der Waals surface area contributed by atoms with Crippen LogP contribution >= 0.6 is 12.2 Å². The molecule has 2 aromatic rings. The number of alkyl halides is 3. The monoisotopic (exact) mass is 383 g/mol. The van der Waals surface area contributed by atoms with Gasteiger partial charge in [-0.2, -0.15) is 13.2 Å². The van der Waals surface area contributed by atoms with E-state index in [0.29, 0.717) is 5.75 Å². The van der Waals surface area contributed by atoms with E-state index >= 15 is 0 Å². The first kappa shape index (κ1) is 20.0. The third-order valence-corrected chi connectivity index (χ3v) is 4.19. The second-order valence-corrected chi connectivity index (χ2v) is 6.06. The number of halogens is 3. The largest absolute Gasteiger partial charge is 0.489 e. The molecule has 0 heterocycles. The highest BCUT2D eigenvalue weighted by atomic mass is 32.1. The Morgan fingerprint density at radius 2 is 1.92 bits per heavy atom. The van der Waals surface area contributed by atoms with Crippen molar-refractivity contribution in [1.29, 1.82) is 0 Å². The van der Waals surface area contributed by atoms with Gasteiger partial charge in [0, 0.05) is 11.3 Å². The summed E-state index contributed by atoms with van der Waals surface area (Å²) in [6.07, 6.45) is -3.63. The van der Waals surface area contributed by atoms with E-state index in [1.807, 2.05) is 26.0 Å². The van der Waals surface area contributed by atoms with Gasteiger partial charge >= 0.3 is 6.18 Å². The molecule has 0 aromatic heterocycles. The Labute approximate surface area is 156 Å². The Kier molecular flexibility index (Phi) is 6.47. The van der Waals surface area contributed by atoms with Gasteiger partial charge in [0.05, 0.1) is 12.7 Å². The van der Waals surface area contributed by atoms with Gasteiger partial charge < -0.3 is 14.8 Å². The maximum Gasteiger partial charge on any atom is 0.416 e. The number of methoxy groups -OCH3 is 1. The summed E-state index contributed by atoms with van der Waals surface area (Å²) >= 11 is 4.90. The fourth-order valence-corrected chi connectivity index (χ4v) is 2.64. The highest BCUT2D eigenvalue weighted by molar-refractivity contribution is 7.80. The highest BCUT2D eigenvalue weighted by Gasteiger charge is 2.34. The summed E-state index contributed by atoms with van der Waals surface area (Å²) in [5.74, 6) is 0.541.